The zero-order chi connectivity index (χ0) is 15.4. The molecule has 1 saturated heterocycles. The maximum atomic E-state index is 12.6. The highest BCUT2D eigenvalue weighted by molar-refractivity contribution is 7.09. The maximum absolute atomic E-state index is 12.6. The van der Waals surface area contributed by atoms with E-state index in [9.17, 15) is 4.79 Å². The van der Waals surface area contributed by atoms with Crippen LogP contribution in [0, 0.1) is 0 Å². The highest BCUT2D eigenvalue weighted by Gasteiger charge is 2.22. The quantitative estimate of drug-likeness (QED) is 0.914. The average molecular weight is 319 g/mol. The summed E-state index contributed by atoms with van der Waals surface area (Å²) in [7, 11) is 0. The topological polar surface area (TPSA) is 63.1 Å². The Morgan fingerprint density at radius 3 is 3.18 bits per heavy atom. The Morgan fingerprint density at radius 1 is 1.59 bits per heavy atom. The van der Waals surface area contributed by atoms with Crippen LogP contribution in [0.2, 0.25) is 0 Å². The highest BCUT2D eigenvalue weighted by Crippen LogP contribution is 2.16. The summed E-state index contributed by atoms with van der Waals surface area (Å²) in [6.45, 7) is 5.20. The molecule has 2 aromatic rings. The standard InChI is InChI=1S/C15H21N5OS/c1-2-19(10-13-6-4-8-22-13)15(21)14-17-11-20(18-14)12-5-3-7-16-9-12/h4,6,8,11-12,16H,2-3,5,7,9-10H2,1H3/t12-/m0/s1. The van der Waals surface area contributed by atoms with Crippen LogP contribution in [-0.4, -0.2) is 45.2 Å². The second-order valence-electron chi connectivity index (χ2n) is 5.45. The molecule has 118 valence electrons. The van der Waals surface area contributed by atoms with Crippen LogP contribution in [0.15, 0.2) is 23.8 Å². The van der Waals surface area contributed by atoms with E-state index in [-0.39, 0.29) is 5.91 Å². The molecule has 0 bridgehead atoms. The molecule has 1 fully saturated rings. The Labute approximate surface area is 134 Å². The number of amides is 1. The summed E-state index contributed by atoms with van der Waals surface area (Å²) in [4.78, 5) is 19.8. The number of nitrogens with zero attached hydrogens (tertiary/aromatic N) is 4. The Morgan fingerprint density at radius 2 is 2.50 bits per heavy atom. The van der Waals surface area contributed by atoms with Gasteiger partial charge in [-0.25, -0.2) is 9.67 Å². The van der Waals surface area contributed by atoms with Gasteiger partial charge in [0.1, 0.15) is 6.33 Å². The first-order chi connectivity index (χ1) is 10.8. The Bertz CT molecular complexity index is 603. The van der Waals surface area contributed by atoms with Crippen molar-refractivity contribution in [1.29, 1.82) is 0 Å². The molecule has 0 unspecified atom stereocenters. The summed E-state index contributed by atoms with van der Waals surface area (Å²) in [6.07, 6.45) is 3.90. The largest absolute Gasteiger partial charge is 0.331 e. The third-order valence-electron chi connectivity index (χ3n) is 3.94. The number of hydrogen-bond donors (Lipinski definition) is 1. The summed E-state index contributed by atoms with van der Waals surface area (Å²) >= 11 is 1.66. The van der Waals surface area contributed by atoms with Gasteiger partial charge in [0.2, 0.25) is 5.82 Å². The van der Waals surface area contributed by atoms with Crippen molar-refractivity contribution >= 4 is 17.2 Å². The van der Waals surface area contributed by atoms with Crippen LogP contribution in [0.4, 0.5) is 0 Å². The fourth-order valence-corrected chi connectivity index (χ4v) is 3.39. The van der Waals surface area contributed by atoms with Gasteiger partial charge in [-0.2, -0.15) is 0 Å². The van der Waals surface area contributed by atoms with E-state index in [1.165, 1.54) is 4.88 Å². The first-order valence-corrected chi connectivity index (χ1v) is 8.59. The van der Waals surface area contributed by atoms with Crippen molar-refractivity contribution in [2.24, 2.45) is 0 Å². The van der Waals surface area contributed by atoms with Crippen molar-refractivity contribution in [3.8, 4) is 0 Å². The molecule has 6 nitrogen and oxygen atoms in total. The van der Waals surface area contributed by atoms with E-state index >= 15 is 0 Å². The predicted molar refractivity (Wildman–Crippen MR) is 85.9 cm³/mol. The number of carbonyl (C=O) groups is 1. The number of rotatable bonds is 5. The Kier molecular flexibility index (Phi) is 4.84. The van der Waals surface area contributed by atoms with Crippen LogP contribution in [0.25, 0.3) is 0 Å². The fourth-order valence-electron chi connectivity index (χ4n) is 2.67. The summed E-state index contributed by atoms with van der Waals surface area (Å²) in [6, 6.07) is 4.34. The summed E-state index contributed by atoms with van der Waals surface area (Å²) < 4.78 is 1.83. The van der Waals surface area contributed by atoms with Gasteiger partial charge >= 0.3 is 0 Å². The lowest BCUT2D eigenvalue weighted by atomic mass is 10.1. The fraction of sp³-hybridized carbons (Fsp3) is 0.533. The monoisotopic (exact) mass is 319 g/mol. The minimum atomic E-state index is -0.0987. The third kappa shape index (κ3) is 3.36. The number of hydrogen-bond acceptors (Lipinski definition) is 5. The number of aromatic nitrogens is 3. The molecule has 0 saturated carbocycles. The van der Waals surface area contributed by atoms with Gasteiger partial charge in [-0.05, 0) is 37.8 Å². The molecule has 2 aromatic heterocycles. The number of carbonyl (C=O) groups excluding carboxylic acids is 1. The molecule has 1 N–H and O–H groups in total. The Balaban J connectivity index is 1.69. The maximum Gasteiger partial charge on any atom is 0.293 e. The van der Waals surface area contributed by atoms with E-state index in [2.05, 4.69) is 15.4 Å². The van der Waals surface area contributed by atoms with Crippen molar-refractivity contribution in [1.82, 2.24) is 25.0 Å². The summed E-state index contributed by atoms with van der Waals surface area (Å²) in [5.74, 6) is 0.197. The molecule has 7 heteroatoms. The first kappa shape index (κ1) is 15.2. The Hall–Kier alpha value is -1.73. The number of piperidine rings is 1. The molecular formula is C15H21N5OS. The molecule has 1 aliphatic heterocycles. The second kappa shape index (κ2) is 7.02. The second-order valence-corrected chi connectivity index (χ2v) is 6.48. The van der Waals surface area contributed by atoms with Crippen LogP contribution in [0.3, 0.4) is 0 Å². The van der Waals surface area contributed by atoms with E-state index in [1.807, 2.05) is 29.1 Å². The van der Waals surface area contributed by atoms with Gasteiger partial charge in [0.05, 0.1) is 12.6 Å². The molecule has 1 atom stereocenters. The van der Waals surface area contributed by atoms with Crippen molar-refractivity contribution < 1.29 is 4.79 Å². The van der Waals surface area contributed by atoms with E-state index in [1.54, 1.807) is 22.6 Å². The molecule has 1 aliphatic rings. The van der Waals surface area contributed by atoms with Gasteiger partial charge < -0.3 is 10.2 Å². The van der Waals surface area contributed by atoms with Crippen LogP contribution in [-0.2, 0) is 6.54 Å². The minimum absolute atomic E-state index is 0.0987. The molecule has 3 rings (SSSR count). The van der Waals surface area contributed by atoms with Gasteiger partial charge in [-0.1, -0.05) is 6.07 Å². The molecule has 0 spiro atoms. The predicted octanol–water partition coefficient (Wildman–Crippen LogP) is 1.93. The minimum Gasteiger partial charge on any atom is -0.331 e. The van der Waals surface area contributed by atoms with Crippen molar-refractivity contribution in [2.75, 3.05) is 19.6 Å². The van der Waals surface area contributed by atoms with E-state index in [4.69, 9.17) is 0 Å². The summed E-state index contributed by atoms with van der Waals surface area (Å²) in [5.41, 5.74) is 0. The molecule has 0 aliphatic carbocycles. The molecule has 3 heterocycles. The van der Waals surface area contributed by atoms with E-state index in [0.29, 0.717) is 25.0 Å². The molecular weight excluding hydrogens is 298 g/mol. The zero-order valence-corrected chi connectivity index (χ0v) is 13.6. The van der Waals surface area contributed by atoms with Crippen molar-refractivity contribution in [2.45, 2.75) is 32.4 Å². The van der Waals surface area contributed by atoms with Gasteiger partial charge in [0.25, 0.3) is 5.91 Å². The average Bonchev–Trinajstić information content (AvgIpc) is 3.24. The zero-order valence-electron chi connectivity index (χ0n) is 12.7. The number of nitrogens with one attached hydrogen (secondary N) is 1. The van der Waals surface area contributed by atoms with Gasteiger partial charge in [-0.15, -0.1) is 16.4 Å². The van der Waals surface area contributed by atoms with Gasteiger partial charge in [0, 0.05) is 18.0 Å². The third-order valence-corrected chi connectivity index (χ3v) is 4.80. The van der Waals surface area contributed by atoms with Crippen molar-refractivity contribution in [3.05, 3.63) is 34.5 Å². The highest BCUT2D eigenvalue weighted by atomic mass is 32.1. The SMILES string of the molecule is CCN(Cc1cccs1)C(=O)c1ncn([C@H]2CCCNC2)n1. The molecule has 0 radical (unpaired) electrons. The van der Waals surface area contributed by atoms with Gasteiger partial charge in [0.15, 0.2) is 0 Å². The van der Waals surface area contributed by atoms with Crippen LogP contribution >= 0.6 is 11.3 Å². The molecule has 1 amide bonds. The van der Waals surface area contributed by atoms with Crippen LogP contribution in [0.1, 0.15) is 41.3 Å². The van der Waals surface area contributed by atoms with Crippen LogP contribution in [0.5, 0.6) is 0 Å². The smallest absolute Gasteiger partial charge is 0.293 e. The van der Waals surface area contributed by atoms with E-state index < -0.39 is 0 Å². The lowest BCUT2D eigenvalue weighted by Gasteiger charge is -2.22. The first-order valence-electron chi connectivity index (χ1n) is 7.71. The molecule has 22 heavy (non-hydrogen) atoms. The molecule has 0 aromatic carbocycles. The number of thiophene rings is 1. The summed E-state index contributed by atoms with van der Waals surface area (Å²) in [5, 5.41) is 9.79. The van der Waals surface area contributed by atoms with Crippen molar-refractivity contribution in [3.63, 3.8) is 0 Å². The van der Waals surface area contributed by atoms with Gasteiger partial charge in [-0.3, -0.25) is 4.79 Å². The van der Waals surface area contributed by atoms with E-state index in [0.717, 1.165) is 25.9 Å². The van der Waals surface area contributed by atoms with Crippen LogP contribution < -0.4 is 5.32 Å². The lowest BCUT2D eigenvalue weighted by molar-refractivity contribution is 0.0741. The lowest BCUT2D eigenvalue weighted by Crippen LogP contribution is -2.33. The normalized spacial score (nSPS) is 18.3.